The lowest BCUT2D eigenvalue weighted by Gasteiger charge is -2.06. The fourth-order valence-corrected chi connectivity index (χ4v) is 2.13. The van der Waals surface area contributed by atoms with Crippen molar-refractivity contribution < 1.29 is 19.5 Å². The van der Waals surface area contributed by atoms with E-state index in [1.165, 1.54) is 18.2 Å². The molecule has 0 saturated heterocycles. The van der Waals surface area contributed by atoms with Crippen LogP contribution in [-0.4, -0.2) is 24.0 Å². The molecule has 0 aliphatic rings. The number of nitrogens with zero attached hydrogens (tertiary/aromatic N) is 1. The minimum absolute atomic E-state index is 0.0758. The maximum absolute atomic E-state index is 11.8. The van der Waals surface area contributed by atoms with E-state index < -0.39 is 17.8 Å². The molecule has 2 amide bonds. The van der Waals surface area contributed by atoms with Crippen LogP contribution in [0.1, 0.15) is 15.9 Å². The Hall–Kier alpha value is -3.00. The zero-order chi connectivity index (χ0) is 17.5. The van der Waals surface area contributed by atoms with Crippen LogP contribution in [0.25, 0.3) is 0 Å². The van der Waals surface area contributed by atoms with Gasteiger partial charge in [-0.15, -0.1) is 0 Å². The lowest BCUT2D eigenvalue weighted by atomic mass is 10.1. The largest absolute Gasteiger partial charge is 0.545 e. The van der Waals surface area contributed by atoms with Gasteiger partial charge in [-0.2, -0.15) is 5.10 Å². The molecular formula is C16H11BrN3O4-. The minimum Gasteiger partial charge on any atom is -0.545 e. The molecule has 2 aromatic rings. The van der Waals surface area contributed by atoms with Crippen molar-refractivity contribution in [2.45, 2.75) is 0 Å². The van der Waals surface area contributed by atoms with Crippen LogP contribution >= 0.6 is 15.9 Å². The smallest absolute Gasteiger partial charge is 0.329 e. The van der Waals surface area contributed by atoms with Crippen LogP contribution in [-0.2, 0) is 9.59 Å². The number of nitrogens with one attached hydrogen (secondary N) is 2. The third-order valence-corrected chi connectivity index (χ3v) is 3.57. The van der Waals surface area contributed by atoms with Crippen molar-refractivity contribution in [2.75, 3.05) is 5.32 Å². The highest BCUT2D eigenvalue weighted by atomic mass is 79.9. The van der Waals surface area contributed by atoms with Gasteiger partial charge in [-0.25, -0.2) is 5.43 Å². The number of anilines is 1. The molecule has 8 heteroatoms. The number of hydrogen-bond acceptors (Lipinski definition) is 5. The van der Waals surface area contributed by atoms with Crippen LogP contribution in [0.4, 0.5) is 5.69 Å². The zero-order valence-electron chi connectivity index (χ0n) is 12.2. The number of amides is 2. The van der Waals surface area contributed by atoms with Gasteiger partial charge in [0.2, 0.25) is 0 Å². The number of carbonyl (C=O) groups excluding carboxylic acids is 3. The van der Waals surface area contributed by atoms with Crippen LogP contribution in [0.5, 0.6) is 0 Å². The molecule has 2 rings (SSSR count). The van der Waals surface area contributed by atoms with Crippen LogP contribution in [0.3, 0.4) is 0 Å². The van der Waals surface area contributed by atoms with E-state index in [2.05, 4.69) is 26.3 Å². The zero-order valence-corrected chi connectivity index (χ0v) is 13.7. The van der Waals surface area contributed by atoms with Gasteiger partial charge in [0.15, 0.2) is 0 Å². The van der Waals surface area contributed by atoms with Gasteiger partial charge in [-0.1, -0.05) is 36.4 Å². The Labute approximate surface area is 145 Å². The number of benzene rings is 2. The predicted octanol–water partition coefficient (Wildman–Crippen LogP) is 0.901. The Bertz CT molecular complexity index is 820. The Balaban J connectivity index is 1.99. The van der Waals surface area contributed by atoms with Gasteiger partial charge < -0.3 is 15.2 Å². The van der Waals surface area contributed by atoms with Gasteiger partial charge in [-0.3, -0.25) is 9.59 Å². The number of carboxylic acid groups (broad SMARTS) is 1. The summed E-state index contributed by atoms with van der Waals surface area (Å²) in [5.41, 5.74) is 2.62. The first-order chi connectivity index (χ1) is 11.5. The lowest BCUT2D eigenvalue weighted by molar-refractivity contribution is -0.255. The Morgan fingerprint density at radius 3 is 2.38 bits per heavy atom. The molecule has 2 aromatic carbocycles. The summed E-state index contributed by atoms with van der Waals surface area (Å²) in [7, 11) is 0. The monoisotopic (exact) mass is 388 g/mol. The fourth-order valence-electron chi connectivity index (χ4n) is 1.75. The van der Waals surface area contributed by atoms with Crippen LogP contribution < -0.4 is 15.8 Å². The number of halogens is 1. The molecule has 0 atom stereocenters. The predicted molar refractivity (Wildman–Crippen MR) is 89.3 cm³/mol. The van der Waals surface area contributed by atoms with Gasteiger partial charge in [0, 0.05) is 15.6 Å². The third-order valence-electron chi connectivity index (χ3n) is 2.88. The van der Waals surface area contributed by atoms with E-state index in [0.29, 0.717) is 10.2 Å². The number of rotatable bonds is 4. The normalized spacial score (nSPS) is 10.4. The maximum atomic E-state index is 11.8. The molecule has 0 heterocycles. The van der Waals surface area contributed by atoms with Crippen molar-refractivity contribution >= 4 is 45.6 Å². The van der Waals surface area contributed by atoms with Crippen molar-refractivity contribution in [3.05, 3.63) is 64.1 Å². The molecule has 24 heavy (non-hydrogen) atoms. The first-order valence-corrected chi connectivity index (χ1v) is 7.47. The van der Waals surface area contributed by atoms with Gasteiger partial charge in [0.25, 0.3) is 0 Å². The molecule has 0 saturated carbocycles. The van der Waals surface area contributed by atoms with E-state index in [9.17, 15) is 19.5 Å². The summed E-state index contributed by atoms with van der Waals surface area (Å²) in [5, 5.41) is 16.9. The molecule has 0 aliphatic carbocycles. The topological polar surface area (TPSA) is 111 Å². The van der Waals surface area contributed by atoms with Gasteiger partial charge >= 0.3 is 11.8 Å². The summed E-state index contributed by atoms with van der Waals surface area (Å²) in [6.45, 7) is 0. The average Bonchev–Trinajstić information content (AvgIpc) is 2.57. The molecule has 7 nitrogen and oxygen atoms in total. The quantitative estimate of drug-likeness (QED) is 0.460. The number of hydrazone groups is 1. The number of aromatic carboxylic acids is 1. The average molecular weight is 389 g/mol. The minimum atomic E-state index is -1.37. The molecule has 122 valence electrons. The molecular weight excluding hydrogens is 378 g/mol. The van der Waals surface area contributed by atoms with Crippen LogP contribution in [0.15, 0.2) is 58.1 Å². The maximum Gasteiger partial charge on any atom is 0.329 e. The summed E-state index contributed by atoms with van der Waals surface area (Å²) in [6.07, 6.45) is 1.12. The van der Waals surface area contributed by atoms with E-state index in [-0.39, 0.29) is 11.1 Å². The SMILES string of the molecule is O=C(N/N=C\c1ccccc1C(=O)[O-])C(=O)Nc1ccccc1Br. The Morgan fingerprint density at radius 1 is 1.00 bits per heavy atom. The number of carbonyl (C=O) groups is 3. The molecule has 0 unspecified atom stereocenters. The van der Waals surface area contributed by atoms with Crippen molar-refractivity contribution in [3.63, 3.8) is 0 Å². The second-order valence-corrected chi connectivity index (χ2v) is 5.36. The lowest BCUT2D eigenvalue weighted by Crippen LogP contribution is -2.32. The summed E-state index contributed by atoms with van der Waals surface area (Å²) in [5.74, 6) is -3.27. The van der Waals surface area contributed by atoms with E-state index in [4.69, 9.17) is 0 Å². The summed E-state index contributed by atoms with van der Waals surface area (Å²) in [6, 6.07) is 12.8. The van der Waals surface area contributed by atoms with E-state index in [0.717, 1.165) is 6.21 Å². The number of carboxylic acids is 1. The highest BCUT2D eigenvalue weighted by molar-refractivity contribution is 9.10. The molecule has 0 aliphatic heterocycles. The highest BCUT2D eigenvalue weighted by Gasteiger charge is 2.14. The molecule has 0 spiro atoms. The first-order valence-electron chi connectivity index (χ1n) is 6.68. The number of hydrogen-bond donors (Lipinski definition) is 2. The Kier molecular flexibility index (Phi) is 5.80. The fraction of sp³-hybridized carbons (Fsp3) is 0. The van der Waals surface area contributed by atoms with Gasteiger partial charge in [-0.05, 0) is 28.1 Å². The van der Waals surface area contributed by atoms with Crippen molar-refractivity contribution in [1.29, 1.82) is 0 Å². The third kappa shape index (κ3) is 4.50. The van der Waals surface area contributed by atoms with Crippen molar-refractivity contribution in [3.8, 4) is 0 Å². The first kappa shape index (κ1) is 17.4. The summed E-state index contributed by atoms with van der Waals surface area (Å²) < 4.78 is 0.623. The van der Waals surface area contributed by atoms with Crippen molar-refractivity contribution in [1.82, 2.24) is 5.43 Å². The molecule has 0 aromatic heterocycles. The van der Waals surface area contributed by atoms with E-state index in [1.54, 1.807) is 30.3 Å². The molecule has 0 radical (unpaired) electrons. The Morgan fingerprint density at radius 2 is 1.67 bits per heavy atom. The van der Waals surface area contributed by atoms with Crippen LogP contribution in [0.2, 0.25) is 0 Å². The molecule has 0 bridgehead atoms. The second kappa shape index (κ2) is 8.02. The van der Waals surface area contributed by atoms with Crippen molar-refractivity contribution in [2.24, 2.45) is 5.10 Å². The summed E-state index contributed by atoms with van der Waals surface area (Å²) >= 11 is 3.24. The summed E-state index contributed by atoms with van der Waals surface area (Å²) in [4.78, 5) is 34.4. The molecule has 0 fully saturated rings. The van der Waals surface area contributed by atoms with Crippen LogP contribution in [0, 0.1) is 0 Å². The van der Waals surface area contributed by atoms with Gasteiger partial charge in [0.1, 0.15) is 0 Å². The number of para-hydroxylation sites is 1. The second-order valence-electron chi connectivity index (χ2n) is 4.51. The van der Waals surface area contributed by atoms with E-state index >= 15 is 0 Å². The van der Waals surface area contributed by atoms with E-state index in [1.807, 2.05) is 5.43 Å². The molecule has 2 N–H and O–H groups in total. The standard InChI is InChI=1S/C16H12BrN3O4/c17-12-7-3-4-8-13(12)19-14(21)15(22)20-18-9-10-5-1-2-6-11(10)16(23)24/h1-9H,(H,19,21)(H,20,22)(H,23,24)/p-1/b18-9-. The van der Waals surface area contributed by atoms with Gasteiger partial charge in [0.05, 0.1) is 17.9 Å². The highest BCUT2D eigenvalue weighted by Crippen LogP contribution is 2.20.